The Kier molecular flexibility index (Phi) is 2.68. The molecule has 2 aliphatic heterocycles. The van der Waals surface area contributed by atoms with E-state index in [1.807, 2.05) is 9.80 Å². The molecule has 0 aromatic heterocycles. The number of rotatable bonds is 2. The summed E-state index contributed by atoms with van der Waals surface area (Å²) in [5, 5.41) is 2.84. The third-order valence-electron chi connectivity index (χ3n) is 4.03. The van der Waals surface area contributed by atoms with Crippen molar-refractivity contribution in [3.63, 3.8) is 0 Å². The Morgan fingerprint density at radius 2 is 1.82 bits per heavy atom. The summed E-state index contributed by atoms with van der Waals surface area (Å²) >= 11 is 0. The highest BCUT2D eigenvalue weighted by atomic mass is 16.2. The van der Waals surface area contributed by atoms with Gasteiger partial charge < -0.3 is 15.1 Å². The van der Waals surface area contributed by atoms with Gasteiger partial charge in [0.25, 0.3) is 0 Å². The van der Waals surface area contributed by atoms with Crippen LogP contribution < -0.4 is 5.32 Å². The summed E-state index contributed by atoms with van der Waals surface area (Å²) in [5.41, 5.74) is 0. The molecule has 3 aliphatic rings. The van der Waals surface area contributed by atoms with Crippen molar-refractivity contribution in [2.24, 2.45) is 5.92 Å². The van der Waals surface area contributed by atoms with Gasteiger partial charge in [0, 0.05) is 38.1 Å². The lowest BCUT2D eigenvalue weighted by Gasteiger charge is -2.36. The fraction of sp³-hybridized carbons (Fsp3) is 0.833. The van der Waals surface area contributed by atoms with Crippen LogP contribution in [0.15, 0.2) is 0 Å². The molecule has 3 rings (SSSR count). The molecule has 3 fully saturated rings. The minimum Gasteiger partial charge on any atom is -0.342 e. The molecule has 94 valence electrons. The van der Waals surface area contributed by atoms with Crippen molar-refractivity contribution in [3.8, 4) is 0 Å². The van der Waals surface area contributed by atoms with Crippen LogP contribution in [-0.4, -0.2) is 54.0 Å². The van der Waals surface area contributed by atoms with Gasteiger partial charge in [0.15, 0.2) is 0 Å². The van der Waals surface area contributed by atoms with Crippen molar-refractivity contribution in [1.82, 2.24) is 15.1 Å². The van der Waals surface area contributed by atoms with Crippen LogP contribution in [0.2, 0.25) is 0 Å². The standard InChI is InChI=1S/C12H19N3O2/c16-11(9-1-2-9)14-6-3-10(4-7-14)15-8-5-13-12(15)17/h9-10H,1-8H2,(H,13,17). The lowest BCUT2D eigenvalue weighted by atomic mass is 10.0. The second kappa shape index (κ2) is 4.20. The van der Waals surface area contributed by atoms with Gasteiger partial charge in [0.05, 0.1) is 0 Å². The number of amides is 3. The average molecular weight is 237 g/mol. The number of hydrogen-bond donors (Lipinski definition) is 1. The van der Waals surface area contributed by atoms with Gasteiger partial charge in [-0.3, -0.25) is 4.79 Å². The molecule has 5 heteroatoms. The Hall–Kier alpha value is -1.26. The van der Waals surface area contributed by atoms with Crippen LogP contribution in [0.5, 0.6) is 0 Å². The van der Waals surface area contributed by atoms with Crippen LogP contribution in [0, 0.1) is 5.92 Å². The minimum atomic E-state index is 0.0666. The number of urea groups is 1. The van der Waals surface area contributed by atoms with Gasteiger partial charge in [-0.25, -0.2) is 4.79 Å². The molecule has 0 aromatic rings. The molecule has 2 saturated heterocycles. The number of carbonyl (C=O) groups is 2. The number of carbonyl (C=O) groups excluding carboxylic acids is 2. The fourth-order valence-electron chi connectivity index (χ4n) is 2.82. The zero-order chi connectivity index (χ0) is 11.8. The predicted octanol–water partition coefficient (Wildman–Crippen LogP) is 0.413. The Balaban J connectivity index is 1.53. The van der Waals surface area contributed by atoms with Gasteiger partial charge >= 0.3 is 6.03 Å². The van der Waals surface area contributed by atoms with Crippen LogP contribution >= 0.6 is 0 Å². The Morgan fingerprint density at radius 3 is 2.35 bits per heavy atom. The predicted molar refractivity (Wildman–Crippen MR) is 62.4 cm³/mol. The number of piperidine rings is 1. The van der Waals surface area contributed by atoms with E-state index in [4.69, 9.17) is 0 Å². The zero-order valence-electron chi connectivity index (χ0n) is 10.0. The lowest BCUT2D eigenvalue weighted by molar-refractivity contribution is -0.133. The maximum Gasteiger partial charge on any atom is 0.317 e. The second-order valence-corrected chi connectivity index (χ2v) is 5.26. The molecule has 0 radical (unpaired) electrons. The normalized spacial score (nSPS) is 26.2. The molecule has 0 spiro atoms. The van der Waals surface area contributed by atoms with Gasteiger partial charge in [-0.05, 0) is 25.7 Å². The van der Waals surface area contributed by atoms with Gasteiger partial charge in [-0.15, -0.1) is 0 Å². The average Bonchev–Trinajstić information content (AvgIpc) is 3.12. The molecular weight excluding hydrogens is 218 g/mol. The molecule has 3 amide bonds. The molecule has 2 heterocycles. The van der Waals surface area contributed by atoms with E-state index in [-0.39, 0.29) is 6.03 Å². The van der Waals surface area contributed by atoms with Gasteiger partial charge in [-0.1, -0.05) is 0 Å². The third kappa shape index (κ3) is 2.10. The highest BCUT2D eigenvalue weighted by Gasteiger charge is 2.37. The quantitative estimate of drug-likeness (QED) is 0.756. The first kappa shape index (κ1) is 10.9. The van der Waals surface area contributed by atoms with E-state index in [2.05, 4.69) is 5.32 Å². The first-order valence-corrected chi connectivity index (χ1v) is 6.59. The largest absolute Gasteiger partial charge is 0.342 e. The summed E-state index contributed by atoms with van der Waals surface area (Å²) in [5.74, 6) is 0.663. The molecule has 0 unspecified atom stereocenters. The van der Waals surface area contributed by atoms with Crippen molar-refractivity contribution in [2.75, 3.05) is 26.2 Å². The van der Waals surface area contributed by atoms with E-state index in [1.165, 1.54) is 0 Å². The summed E-state index contributed by atoms with van der Waals surface area (Å²) in [4.78, 5) is 27.3. The monoisotopic (exact) mass is 237 g/mol. The molecular formula is C12H19N3O2. The van der Waals surface area contributed by atoms with Crippen molar-refractivity contribution >= 4 is 11.9 Å². The van der Waals surface area contributed by atoms with E-state index >= 15 is 0 Å². The van der Waals surface area contributed by atoms with Crippen molar-refractivity contribution in [1.29, 1.82) is 0 Å². The summed E-state index contributed by atoms with van der Waals surface area (Å²) in [6, 6.07) is 0.401. The Bertz CT molecular complexity index is 333. The Morgan fingerprint density at radius 1 is 1.12 bits per heavy atom. The topological polar surface area (TPSA) is 52.7 Å². The van der Waals surface area contributed by atoms with Crippen LogP contribution in [0.25, 0.3) is 0 Å². The zero-order valence-corrected chi connectivity index (χ0v) is 10.0. The third-order valence-corrected chi connectivity index (χ3v) is 4.03. The molecule has 0 aromatic carbocycles. The van der Waals surface area contributed by atoms with E-state index in [0.717, 1.165) is 51.9 Å². The maximum absolute atomic E-state index is 11.9. The molecule has 5 nitrogen and oxygen atoms in total. The fourth-order valence-corrected chi connectivity index (χ4v) is 2.82. The SMILES string of the molecule is O=C(C1CC1)N1CCC(N2CCNC2=O)CC1. The van der Waals surface area contributed by atoms with Crippen LogP contribution in [0.1, 0.15) is 25.7 Å². The van der Waals surface area contributed by atoms with E-state index in [1.54, 1.807) is 0 Å². The first-order valence-electron chi connectivity index (χ1n) is 6.59. The molecule has 0 atom stereocenters. The smallest absolute Gasteiger partial charge is 0.317 e. The van der Waals surface area contributed by atoms with Crippen LogP contribution in [0.3, 0.4) is 0 Å². The number of likely N-dealkylation sites (tertiary alicyclic amines) is 1. The van der Waals surface area contributed by atoms with Crippen molar-refractivity contribution in [2.45, 2.75) is 31.7 Å². The molecule has 1 aliphatic carbocycles. The highest BCUT2D eigenvalue weighted by Crippen LogP contribution is 2.32. The van der Waals surface area contributed by atoms with Gasteiger partial charge in [0.1, 0.15) is 0 Å². The van der Waals surface area contributed by atoms with Crippen molar-refractivity contribution in [3.05, 3.63) is 0 Å². The van der Waals surface area contributed by atoms with Crippen molar-refractivity contribution < 1.29 is 9.59 Å². The van der Waals surface area contributed by atoms with Gasteiger partial charge in [-0.2, -0.15) is 0 Å². The molecule has 1 saturated carbocycles. The minimum absolute atomic E-state index is 0.0666. The lowest BCUT2D eigenvalue weighted by Crippen LogP contribution is -2.48. The van der Waals surface area contributed by atoms with Gasteiger partial charge in [0.2, 0.25) is 5.91 Å². The molecule has 17 heavy (non-hydrogen) atoms. The summed E-state index contributed by atoms with van der Waals surface area (Å²) in [6.45, 7) is 3.23. The number of nitrogens with zero attached hydrogens (tertiary/aromatic N) is 2. The number of hydrogen-bond acceptors (Lipinski definition) is 2. The molecule has 1 N–H and O–H groups in total. The summed E-state index contributed by atoms with van der Waals surface area (Å²) in [6.07, 6.45) is 4.03. The second-order valence-electron chi connectivity index (χ2n) is 5.26. The summed E-state index contributed by atoms with van der Waals surface area (Å²) < 4.78 is 0. The van der Waals surface area contributed by atoms with E-state index < -0.39 is 0 Å². The Labute approximate surface area is 101 Å². The van der Waals surface area contributed by atoms with E-state index in [9.17, 15) is 9.59 Å². The maximum atomic E-state index is 11.9. The van der Waals surface area contributed by atoms with E-state index in [0.29, 0.717) is 17.9 Å². The summed E-state index contributed by atoms with van der Waals surface area (Å²) in [7, 11) is 0. The first-order chi connectivity index (χ1) is 8.25. The highest BCUT2D eigenvalue weighted by molar-refractivity contribution is 5.81. The van der Waals surface area contributed by atoms with Crippen LogP contribution in [0.4, 0.5) is 4.79 Å². The molecule has 0 bridgehead atoms. The van der Waals surface area contributed by atoms with Crippen LogP contribution in [-0.2, 0) is 4.79 Å². The number of nitrogens with one attached hydrogen (secondary N) is 1.